The van der Waals surface area contributed by atoms with E-state index >= 15 is 0 Å². The van der Waals surface area contributed by atoms with Crippen LogP contribution in [0.25, 0.3) is 80.7 Å². The fourth-order valence-corrected chi connectivity index (χ4v) is 8.98. The van der Waals surface area contributed by atoms with E-state index in [9.17, 15) is 0 Å². The van der Waals surface area contributed by atoms with Crippen LogP contribution in [-0.2, 0) is 0 Å². The fraction of sp³-hybridized carbons (Fsp3) is 0. The van der Waals surface area contributed by atoms with Gasteiger partial charge in [0, 0.05) is 0 Å². The summed E-state index contributed by atoms with van der Waals surface area (Å²) in [7, 11) is 0. The van der Waals surface area contributed by atoms with Crippen molar-refractivity contribution < 1.29 is 0 Å². The molecule has 4 heteroatoms. The molecule has 0 aliphatic rings. The first-order valence-electron chi connectivity index (χ1n) is 14.8. The monoisotopic (exact) mass is 627 g/mol. The van der Waals surface area contributed by atoms with Crippen molar-refractivity contribution in [3.63, 3.8) is 0 Å². The van der Waals surface area contributed by atoms with Crippen molar-refractivity contribution in [2.45, 2.75) is 0 Å². The average Bonchev–Trinajstić information content (AvgIpc) is 3.64. The molecule has 3 aromatic heterocycles. The molecular formula is C40H25N3Se. The molecule has 3 heterocycles. The van der Waals surface area contributed by atoms with E-state index in [0.29, 0.717) is 5.95 Å². The van der Waals surface area contributed by atoms with Crippen molar-refractivity contribution in [2.75, 3.05) is 0 Å². The van der Waals surface area contributed by atoms with Gasteiger partial charge in [-0.25, -0.2) is 0 Å². The molecule has 0 bridgehead atoms. The van der Waals surface area contributed by atoms with Gasteiger partial charge in [0.05, 0.1) is 0 Å². The van der Waals surface area contributed by atoms with Gasteiger partial charge in [-0.3, -0.25) is 0 Å². The molecule has 0 saturated carbocycles. The van der Waals surface area contributed by atoms with Gasteiger partial charge in [-0.05, 0) is 0 Å². The first-order valence-corrected chi connectivity index (χ1v) is 16.5. The summed E-state index contributed by atoms with van der Waals surface area (Å²) in [5, 5.41) is 5.15. The minimum absolute atomic E-state index is 0.283. The van der Waals surface area contributed by atoms with Gasteiger partial charge in [-0.1, -0.05) is 36.4 Å². The van der Waals surface area contributed by atoms with E-state index in [1.807, 2.05) is 12.1 Å². The third-order valence-corrected chi connectivity index (χ3v) is 11.0. The normalized spacial score (nSPS) is 11.6. The van der Waals surface area contributed by atoms with Crippen LogP contribution in [0.3, 0.4) is 0 Å². The number of nitrogens with zero attached hydrogens (tertiary/aromatic N) is 3. The quantitative estimate of drug-likeness (QED) is 0.182. The molecule has 9 rings (SSSR count). The average molecular weight is 627 g/mol. The van der Waals surface area contributed by atoms with Crippen LogP contribution in [0.4, 0.5) is 0 Å². The topological polar surface area (TPSA) is 30.7 Å². The Morgan fingerprint density at radius 1 is 0.432 bits per heavy atom. The van der Waals surface area contributed by atoms with E-state index in [0.717, 1.165) is 33.5 Å². The SMILES string of the molecule is c1ccc(-c2cc(-c3ccccc3)nc(-n3c4ccccc4c4cc(-c5cccc6c5[se]c5ccccc56)ccc43)n2)cc1. The Balaban J connectivity index is 1.30. The van der Waals surface area contributed by atoms with Crippen molar-refractivity contribution in [1.82, 2.24) is 14.5 Å². The number of rotatable bonds is 4. The molecule has 0 aliphatic carbocycles. The number of fused-ring (bicyclic) bond motifs is 6. The second-order valence-corrected chi connectivity index (χ2v) is 13.2. The standard InChI is InChI=1S/C40H25N3Se/c1-3-12-26(13-4-1)34-25-35(27-14-5-2-6-15-27)42-40(41-34)43-36-20-9-7-16-30(36)33-24-28(22-23-37(33)43)29-18-11-19-32-31-17-8-10-21-38(31)44-39(29)32/h1-25H. The summed E-state index contributed by atoms with van der Waals surface area (Å²) in [5.41, 5.74) is 8.70. The third kappa shape index (κ3) is 4.04. The summed E-state index contributed by atoms with van der Waals surface area (Å²) in [4.78, 5) is 10.4. The summed E-state index contributed by atoms with van der Waals surface area (Å²) in [6.07, 6.45) is 0. The molecule has 0 unspecified atom stereocenters. The Bertz CT molecular complexity index is 2430. The summed E-state index contributed by atoms with van der Waals surface area (Å²) in [5.74, 6) is 0.670. The zero-order valence-electron chi connectivity index (χ0n) is 23.7. The molecule has 0 amide bonds. The van der Waals surface area contributed by atoms with Crippen molar-refractivity contribution in [3.05, 3.63) is 152 Å². The molecule has 9 aromatic rings. The van der Waals surface area contributed by atoms with Crippen LogP contribution in [0.15, 0.2) is 152 Å². The molecule has 0 spiro atoms. The van der Waals surface area contributed by atoms with Crippen LogP contribution in [0.5, 0.6) is 0 Å². The second-order valence-electron chi connectivity index (χ2n) is 11.0. The maximum absolute atomic E-state index is 5.18. The van der Waals surface area contributed by atoms with Crippen molar-refractivity contribution in [1.29, 1.82) is 0 Å². The smallest absolute Gasteiger partial charge is 0.0616 e. The summed E-state index contributed by atoms with van der Waals surface area (Å²) in [6.45, 7) is 0. The molecule has 0 aliphatic heterocycles. The van der Waals surface area contributed by atoms with Crippen molar-refractivity contribution in [2.24, 2.45) is 0 Å². The van der Waals surface area contributed by atoms with E-state index in [4.69, 9.17) is 9.97 Å². The zero-order chi connectivity index (χ0) is 29.0. The number of hydrogen-bond donors (Lipinski definition) is 0. The molecule has 0 radical (unpaired) electrons. The molecule has 0 saturated heterocycles. The van der Waals surface area contributed by atoms with Crippen molar-refractivity contribution in [3.8, 4) is 39.6 Å². The predicted octanol–water partition coefficient (Wildman–Crippen LogP) is 9.94. The number of benzene rings is 6. The Labute approximate surface area is 260 Å². The summed E-state index contributed by atoms with van der Waals surface area (Å²) in [6, 6.07) is 53.9. The second kappa shape index (κ2) is 10.2. The molecule has 6 aromatic carbocycles. The molecule has 206 valence electrons. The van der Waals surface area contributed by atoms with Gasteiger partial charge in [0.2, 0.25) is 0 Å². The summed E-state index contributed by atoms with van der Waals surface area (Å²) >= 11 is 0.283. The van der Waals surface area contributed by atoms with Gasteiger partial charge >= 0.3 is 225 Å². The van der Waals surface area contributed by atoms with Crippen LogP contribution < -0.4 is 0 Å². The van der Waals surface area contributed by atoms with E-state index in [-0.39, 0.29) is 14.5 Å². The Morgan fingerprint density at radius 3 is 1.80 bits per heavy atom. The fourth-order valence-electron chi connectivity index (χ4n) is 6.38. The van der Waals surface area contributed by atoms with E-state index in [1.165, 1.54) is 41.2 Å². The summed E-state index contributed by atoms with van der Waals surface area (Å²) < 4.78 is 5.16. The Hall–Kier alpha value is -5.28. The van der Waals surface area contributed by atoms with Crippen LogP contribution in [0, 0.1) is 0 Å². The Kier molecular flexibility index (Phi) is 5.83. The molecule has 0 fully saturated rings. The van der Waals surface area contributed by atoms with Gasteiger partial charge in [0.15, 0.2) is 0 Å². The molecular weight excluding hydrogens is 601 g/mol. The minimum atomic E-state index is 0.283. The van der Waals surface area contributed by atoms with Crippen LogP contribution in [0.2, 0.25) is 0 Å². The first-order chi connectivity index (χ1) is 21.8. The van der Waals surface area contributed by atoms with Gasteiger partial charge in [0.1, 0.15) is 0 Å². The van der Waals surface area contributed by atoms with Gasteiger partial charge in [-0.15, -0.1) is 0 Å². The van der Waals surface area contributed by atoms with Crippen LogP contribution in [-0.4, -0.2) is 29.0 Å². The Morgan fingerprint density at radius 2 is 1.05 bits per heavy atom. The first kappa shape index (κ1) is 25.2. The van der Waals surface area contributed by atoms with Crippen LogP contribution in [0.1, 0.15) is 0 Å². The van der Waals surface area contributed by atoms with Crippen LogP contribution >= 0.6 is 0 Å². The third-order valence-electron chi connectivity index (χ3n) is 8.44. The van der Waals surface area contributed by atoms with E-state index in [1.54, 1.807) is 0 Å². The molecule has 44 heavy (non-hydrogen) atoms. The van der Waals surface area contributed by atoms with E-state index in [2.05, 4.69) is 144 Å². The van der Waals surface area contributed by atoms with Gasteiger partial charge in [-0.2, -0.15) is 0 Å². The maximum atomic E-state index is 5.18. The van der Waals surface area contributed by atoms with Gasteiger partial charge < -0.3 is 0 Å². The molecule has 3 nitrogen and oxygen atoms in total. The molecule has 0 atom stereocenters. The predicted molar refractivity (Wildman–Crippen MR) is 185 cm³/mol. The minimum Gasteiger partial charge on any atom is -0.0616 e. The zero-order valence-corrected chi connectivity index (χ0v) is 25.4. The molecule has 0 N–H and O–H groups in total. The number of hydrogen-bond acceptors (Lipinski definition) is 2. The number of aromatic nitrogens is 3. The van der Waals surface area contributed by atoms with E-state index < -0.39 is 0 Å². The number of para-hydroxylation sites is 1. The van der Waals surface area contributed by atoms with Crippen molar-refractivity contribution >= 4 is 55.6 Å². The van der Waals surface area contributed by atoms with Gasteiger partial charge in [0.25, 0.3) is 0 Å².